The van der Waals surface area contributed by atoms with E-state index < -0.39 is 0 Å². The van der Waals surface area contributed by atoms with E-state index in [1.165, 1.54) is 22.2 Å². The van der Waals surface area contributed by atoms with Crippen molar-refractivity contribution >= 4 is 23.0 Å². The summed E-state index contributed by atoms with van der Waals surface area (Å²) in [6.45, 7) is 5.65. The van der Waals surface area contributed by atoms with Crippen molar-refractivity contribution in [3.8, 4) is 17.1 Å². The molecule has 0 amide bonds. The van der Waals surface area contributed by atoms with Crippen molar-refractivity contribution in [2.24, 2.45) is 0 Å². The van der Waals surface area contributed by atoms with Crippen molar-refractivity contribution in [2.45, 2.75) is 33.6 Å². The first-order valence-corrected chi connectivity index (χ1v) is 12.0. The zero-order valence-corrected chi connectivity index (χ0v) is 20.2. The number of thiophene rings is 1. The minimum absolute atomic E-state index is 0.371. The summed E-state index contributed by atoms with van der Waals surface area (Å²) >= 11 is 1.75. The average Bonchev–Trinajstić information content (AvgIpc) is 3.33. The van der Waals surface area contributed by atoms with Gasteiger partial charge in [0.1, 0.15) is 5.69 Å². The monoisotopic (exact) mass is 467 g/mol. The zero-order chi connectivity index (χ0) is 23.7. The van der Waals surface area contributed by atoms with Crippen LogP contribution in [0.5, 0.6) is 5.88 Å². The summed E-state index contributed by atoms with van der Waals surface area (Å²) in [6.07, 6.45) is 3.13. The van der Waals surface area contributed by atoms with E-state index in [2.05, 4.69) is 32.0 Å². The Balaban J connectivity index is 1.71. The van der Waals surface area contributed by atoms with Crippen molar-refractivity contribution < 1.29 is 9.53 Å². The Hall–Kier alpha value is -3.77. The lowest BCUT2D eigenvalue weighted by Crippen LogP contribution is -2.07. The summed E-state index contributed by atoms with van der Waals surface area (Å²) < 4.78 is 7.63. The first-order chi connectivity index (χ1) is 16.5. The fraction of sp³-hybridized carbons (Fsp3) is 0.179. The molecule has 34 heavy (non-hydrogen) atoms. The van der Waals surface area contributed by atoms with Crippen LogP contribution < -0.4 is 4.74 Å². The minimum atomic E-state index is -0.371. The van der Waals surface area contributed by atoms with Crippen molar-refractivity contribution in [3.63, 3.8) is 0 Å². The Morgan fingerprint density at radius 2 is 1.65 bits per heavy atom. The van der Waals surface area contributed by atoms with E-state index in [9.17, 15) is 4.79 Å². The number of rotatable bonds is 6. The summed E-state index contributed by atoms with van der Waals surface area (Å²) in [6, 6.07) is 22.4. The van der Waals surface area contributed by atoms with Gasteiger partial charge in [0.05, 0.1) is 11.4 Å². The van der Waals surface area contributed by atoms with E-state index in [4.69, 9.17) is 14.7 Å². The summed E-state index contributed by atoms with van der Waals surface area (Å²) in [4.78, 5) is 24.5. The van der Waals surface area contributed by atoms with Crippen LogP contribution in [0.1, 0.15) is 39.2 Å². The molecule has 3 aromatic heterocycles. The van der Waals surface area contributed by atoms with Gasteiger partial charge in [-0.1, -0.05) is 60.7 Å². The summed E-state index contributed by atoms with van der Waals surface area (Å²) in [5.41, 5.74) is 6.48. The van der Waals surface area contributed by atoms with Crippen molar-refractivity contribution in [1.29, 1.82) is 0 Å². The van der Waals surface area contributed by atoms with E-state index >= 15 is 0 Å². The van der Waals surface area contributed by atoms with Crippen LogP contribution in [-0.4, -0.2) is 20.3 Å². The molecule has 0 aliphatic carbocycles. The van der Waals surface area contributed by atoms with Crippen LogP contribution in [0.4, 0.5) is 0 Å². The minimum Gasteiger partial charge on any atom is -0.407 e. The molecule has 0 radical (unpaired) electrons. The maximum atomic E-state index is 12.1. The highest BCUT2D eigenvalue weighted by atomic mass is 32.1. The second kappa shape index (κ2) is 9.23. The van der Waals surface area contributed by atoms with Gasteiger partial charge in [-0.2, -0.15) is 0 Å². The summed E-state index contributed by atoms with van der Waals surface area (Å²) in [5.74, 6) is 0.0874. The molecule has 5 nitrogen and oxygen atoms in total. The molecule has 0 atom stereocenters. The number of esters is 1. The molecular formula is C28H25N3O2S. The second-order valence-electron chi connectivity index (χ2n) is 8.38. The van der Waals surface area contributed by atoms with Crippen molar-refractivity contribution in [2.75, 3.05) is 0 Å². The standard InChI is InChI=1S/C28H25N3O2S/c1-18-14-23(34-19(18)2)16-25-28(33-20(3)32)31-17-26(22-12-8-5-9-13-22)29-24(27(31)30-25)15-21-10-6-4-7-11-21/h4-14,17H,15-16H2,1-3H3. The molecule has 0 aliphatic heterocycles. The lowest BCUT2D eigenvalue weighted by molar-refractivity contribution is -0.132. The molecule has 0 aliphatic rings. The van der Waals surface area contributed by atoms with Crippen molar-refractivity contribution in [3.05, 3.63) is 105 Å². The smallest absolute Gasteiger partial charge is 0.309 e. The number of benzene rings is 2. The highest BCUT2D eigenvalue weighted by Crippen LogP contribution is 2.31. The Labute approximate surface area is 202 Å². The molecule has 0 N–H and O–H groups in total. The van der Waals surface area contributed by atoms with E-state index in [-0.39, 0.29) is 5.97 Å². The van der Waals surface area contributed by atoms with Gasteiger partial charge in [0.25, 0.3) is 0 Å². The molecule has 6 heteroatoms. The number of carbonyl (C=O) groups is 1. The van der Waals surface area contributed by atoms with Gasteiger partial charge < -0.3 is 4.74 Å². The third kappa shape index (κ3) is 4.50. The van der Waals surface area contributed by atoms with Crippen LogP contribution in [0.2, 0.25) is 0 Å². The number of hydrogen-bond donors (Lipinski definition) is 0. The van der Waals surface area contributed by atoms with E-state index in [0.29, 0.717) is 24.4 Å². The van der Waals surface area contributed by atoms with Gasteiger partial charge >= 0.3 is 5.97 Å². The maximum absolute atomic E-state index is 12.1. The number of imidazole rings is 1. The molecule has 5 rings (SSSR count). The van der Waals surface area contributed by atoms with Gasteiger partial charge in [-0.25, -0.2) is 9.97 Å². The fourth-order valence-electron chi connectivity index (χ4n) is 4.05. The number of nitrogens with zero attached hydrogens (tertiary/aromatic N) is 3. The molecule has 0 spiro atoms. The first-order valence-electron chi connectivity index (χ1n) is 11.2. The van der Waals surface area contributed by atoms with Crippen molar-refractivity contribution in [1.82, 2.24) is 14.4 Å². The lowest BCUT2D eigenvalue weighted by Gasteiger charge is -2.10. The predicted molar refractivity (Wildman–Crippen MR) is 136 cm³/mol. The zero-order valence-electron chi connectivity index (χ0n) is 19.4. The molecule has 0 saturated heterocycles. The lowest BCUT2D eigenvalue weighted by atomic mass is 10.1. The largest absolute Gasteiger partial charge is 0.407 e. The van der Waals surface area contributed by atoms with Gasteiger partial charge in [0.2, 0.25) is 5.88 Å². The molecule has 0 fully saturated rings. The molecule has 170 valence electrons. The quantitative estimate of drug-likeness (QED) is 0.280. The SMILES string of the molecule is CC(=O)Oc1c(Cc2cc(C)c(C)s2)nc2c(Cc3ccccc3)nc(-c3ccccc3)cn12. The molecular weight excluding hydrogens is 442 g/mol. The van der Waals surface area contributed by atoms with Crippen LogP contribution in [0.25, 0.3) is 16.9 Å². The van der Waals surface area contributed by atoms with Gasteiger partial charge in [-0.05, 0) is 31.0 Å². The average molecular weight is 468 g/mol. The third-order valence-corrected chi connectivity index (χ3v) is 6.94. The second-order valence-corrected chi connectivity index (χ2v) is 9.72. The first kappa shape index (κ1) is 22.0. The van der Waals surface area contributed by atoms with E-state index in [1.54, 1.807) is 11.3 Å². The Bertz CT molecular complexity index is 1450. The van der Waals surface area contributed by atoms with Crippen LogP contribution in [0, 0.1) is 13.8 Å². The van der Waals surface area contributed by atoms with Gasteiger partial charge in [-0.3, -0.25) is 9.20 Å². The Kier molecular flexibility index (Phi) is 5.99. The normalized spacial score (nSPS) is 11.1. The Morgan fingerprint density at radius 3 is 2.29 bits per heavy atom. The molecule has 5 aromatic rings. The van der Waals surface area contributed by atoms with E-state index in [0.717, 1.165) is 28.2 Å². The number of carbonyl (C=O) groups excluding carboxylic acids is 1. The van der Waals surface area contributed by atoms with Crippen LogP contribution in [0.3, 0.4) is 0 Å². The number of fused-ring (bicyclic) bond motifs is 1. The molecule has 2 aromatic carbocycles. The fourth-order valence-corrected chi connectivity index (χ4v) is 5.11. The highest BCUT2D eigenvalue weighted by molar-refractivity contribution is 7.12. The summed E-state index contributed by atoms with van der Waals surface area (Å²) in [7, 11) is 0. The van der Waals surface area contributed by atoms with Crippen LogP contribution in [0.15, 0.2) is 72.9 Å². The molecule has 3 heterocycles. The highest BCUT2D eigenvalue weighted by Gasteiger charge is 2.21. The molecule has 0 saturated carbocycles. The van der Waals surface area contributed by atoms with Gasteiger partial charge in [-0.15, -0.1) is 11.3 Å². The predicted octanol–water partition coefficient (Wildman–Crippen LogP) is 6.18. The molecule has 0 unspecified atom stereocenters. The number of aromatic nitrogens is 3. The van der Waals surface area contributed by atoms with Crippen LogP contribution in [-0.2, 0) is 17.6 Å². The Morgan fingerprint density at radius 1 is 0.941 bits per heavy atom. The topological polar surface area (TPSA) is 56.5 Å². The summed E-state index contributed by atoms with van der Waals surface area (Å²) in [5, 5.41) is 0. The van der Waals surface area contributed by atoms with Gasteiger partial charge in [0.15, 0.2) is 5.65 Å². The van der Waals surface area contributed by atoms with Gasteiger partial charge in [0, 0.05) is 41.3 Å². The molecule has 0 bridgehead atoms. The maximum Gasteiger partial charge on any atom is 0.309 e. The van der Waals surface area contributed by atoms with Crippen LogP contribution >= 0.6 is 11.3 Å². The third-order valence-electron chi connectivity index (χ3n) is 5.78. The number of hydrogen-bond acceptors (Lipinski definition) is 5. The van der Waals surface area contributed by atoms with E-state index in [1.807, 2.05) is 59.1 Å². The number of ether oxygens (including phenoxy) is 1. The number of aryl methyl sites for hydroxylation is 2.